The number of methoxy groups -OCH3 is 1. The summed E-state index contributed by atoms with van der Waals surface area (Å²) in [5.41, 5.74) is 0.884. The molecule has 0 radical (unpaired) electrons. The van der Waals surface area contributed by atoms with Crippen molar-refractivity contribution in [3.05, 3.63) is 24.3 Å². The Hall–Kier alpha value is -2.04. The maximum Gasteiger partial charge on any atom is 0.227 e. The van der Waals surface area contributed by atoms with Gasteiger partial charge in [-0.2, -0.15) is 0 Å². The Bertz CT molecular complexity index is 565. The maximum atomic E-state index is 12.4. The lowest BCUT2D eigenvalue weighted by atomic mass is 9.97. The molecule has 0 spiro atoms. The summed E-state index contributed by atoms with van der Waals surface area (Å²) in [5.74, 6) is 1.30. The number of hydrogen-bond donors (Lipinski definition) is 1. The van der Waals surface area contributed by atoms with Crippen LogP contribution in [0.4, 0.5) is 5.69 Å². The highest BCUT2D eigenvalue weighted by molar-refractivity contribution is 5.95. The summed E-state index contributed by atoms with van der Waals surface area (Å²) in [5, 5.41) is 3.07. The van der Waals surface area contributed by atoms with E-state index in [1.54, 1.807) is 12.0 Å². The Labute approximate surface area is 150 Å². The lowest BCUT2D eigenvalue weighted by Crippen LogP contribution is -2.35. The summed E-state index contributed by atoms with van der Waals surface area (Å²) in [6.45, 7) is 5.44. The van der Waals surface area contributed by atoms with Crippen LogP contribution in [0.1, 0.15) is 46.0 Å². The van der Waals surface area contributed by atoms with Gasteiger partial charge in [-0.3, -0.25) is 9.59 Å². The van der Waals surface area contributed by atoms with E-state index in [2.05, 4.69) is 19.2 Å². The Kier molecular flexibility index (Phi) is 7.29. The molecule has 1 aliphatic heterocycles. The zero-order valence-electron chi connectivity index (χ0n) is 15.6. The van der Waals surface area contributed by atoms with E-state index >= 15 is 0 Å². The number of nitrogens with one attached hydrogen (secondary N) is 1. The third-order valence-electron chi connectivity index (χ3n) is 4.80. The van der Waals surface area contributed by atoms with Crippen LogP contribution in [0, 0.1) is 11.8 Å². The molecule has 1 aliphatic rings. The minimum atomic E-state index is 0.102. The van der Waals surface area contributed by atoms with Gasteiger partial charge >= 0.3 is 0 Å². The van der Waals surface area contributed by atoms with E-state index in [1.165, 1.54) is 0 Å². The number of hydrogen-bond acceptors (Lipinski definition) is 3. The molecule has 1 atom stereocenters. The molecule has 138 valence electrons. The van der Waals surface area contributed by atoms with Crippen molar-refractivity contribution in [2.75, 3.05) is 25.1 Å². The Morgan fingerprint density at radius 2 is 1.88 bits per heavy atom. The monoisotopic (exact) mass is 346 g/mol. The van der Waals surface area contributed by atoms with E-state index in [1.807, 2.05) is 24.3 Å². The van der Waals surface area contributed by atoms with E-state index in [9.17, 15) is 9.59 Å². The number of amides is 2. The van der Waals surface area contributed by atoms with Crippen LogP contribution >= 0.6 is 0 Å². The first-order valence-corrected chi connectivity index (χ1v) is 9.31. The van der Waals surface area contributed by atoms with Crippen molar-refractivity contribution >= 4 is 17.5 Å². The summed E-state index contributed by atoms with van der Waals surface area (Å²) in [4.78, 5) is 26.5. The van der Waals surface area contributed by atoms with Gasteiger partial charge in [-0.15, -0.1) is 0 Å². The normalized spacial score (nSPS) is 17.2. The van der Waals surface area contributed by atoms with Crippen LogP contribution in [0.5, 0.6) is 5.75 Å². The average molecular weight is 346 g/mol. The van der Waals surface area contributed by atoms with Crippen LogP contribution in [0.25, 0.3) is 0 Å². The van der Waals surface area contributed by atoms with E-state index in [4.69, 9.17) is 4.74 Å². The third kappa shape index (κ3) is 5.21. The van der Waals surface area contributed by atoms with E-state index in [0.717, 1.165) is 37.1 Å². The van der Waals surface area contributed by atoms with Gasteiger partial charge in [0.25, 0.3) is 0 Å². The molecular weight excluding hydrogens is 316 g/mol. The minimum Gasteiger partial charge on any atom is -0.497 e. The van der Waals surface area contributed by atoms with Crippen molar-refractivity contribution in [1.29, 1.82) is 0 Å². The number of anilines is 1. The fraction of sp³-hybridized carbons (Fsp3) is 0.600. The van der Waals surface area contributed by atoms with Gasteiger partial charge < -0.3 is 15.0 Å². The van der Waals surface area contributed by atoms with E-state index in [-0.39, 0.29) is 23.7 Å². The zero-order chi connectivity index (χ0) is 18.2. The zero-order valence-corrected chi connectivity index (χ0v) is 15.6. The van der Waals surface area contributed by atoms with Crippen molar-refractivity contribution in [1.82, 2.24) is 5.32 Å². The molecule has 1 aromatic carbocycles. The molecule has 5 nitrogen and oxygen atoms in total. The second kappa shape index (κ2) is 9.44. The molecule has 1 unspecified atom stereocenters. The van der Waals surface area contributed by atoms with Crippen molar-refractivity contribution in [3.63, 3.8) is 0 Å². The van der Waals surface area contributed by atoms with Crippen LogP contribution in [-0.2, 0) is 9.59 Å². The van der Waals surface area contributed by atoms with Crippen molar-refractivity contribution in [2.45, 2.75) is 46.0 Å². The molecule has 0 saturated carbocycles. The van der Waals surface area contributed by atoms with Crippen molar-refractivity contribution in [3.8, 4) is 5.75 Å². The van der Waals surface area contributed by atoms with E-state index in [0.29, 0.717) is 19.5 Å². The highest BCUT2D eigenvalue weighted by Gasteiger charge is 2.31. The highest BCUT2D eigenvalue weighted by Crippen LogP contribution is 2.26. The molecule has 0 aliphatic carbocycles. The molecule has 1 saturated heterocycles. The molecule has 2 rings (SSSR count). The molecule has 2 amide bonds. The smallest absolute Gasteiger partial charge is 0.227 e. The van der Waals surface area contributed by atoms with Gasteiger partial charge in [-0.25, -0.2) is 0 Å². The lowest BCUT2D eigenvalue weighted by Gasteiger charge is -2.19. The number of benzene rings is 1. The first kappa shape index (κ1) is 19.3. The van der Waals surface area contributed by atoms with Crippen LogP contribution in [-0.4, -0.2) is 32.0 Å². The van der Waals surface area contributed by atoms with Gasteiger partial charge in [0.15, 0.2) is 0 Å². The highest BCUT2D eigenvalue weighted by atomic mass is 16.5. The molecule has 5 heteroatoms. The fourth-order valence-corrected chi connectivity index (χ4v) is 3.42. The number of carbonyl (C=O) groups excluding carboxylic acids is 2. The largest absolute Gasteiger partial charge is 0.497 e. The molecule has 0 bridgehead atoms. The predicted molar refractivity (Wildman–Crippen MR) is 99.8 cm³/mol. The Balaban J connectivity index is 1.88. The first-order chi connectivity index (χ1) is 12.1. The molecule has 1 N–H and O–H groups in total. The number of carbonyl (C=O) groups is 2. The quantitative estimate of drug-likeness (QED) is 0.746. The van der Waals surface area contributed by atoms with Gasteiger partial charge in [0.2, 0.25) is 11.8 Å². The fourth-order valence-electron chi connectivity index (χ4n) is 3.42. The van der Waals surface area contributed by atoms with Gasteiger partial charge in [-0.05, 0) is 37.1 Å². The van der Waals surface area contributed by atoms with Gasteiger partial charge in [0.05, 0.1) is 7.11 Å². The second-order valence-corrected chi connectivity index (χ2v) is 6.79. The maximum absolute atomic E-state index is 12.4. The topological polar surface area (TPSA) is 58.6 Å². The van der Waals surface area contributed by atoms with Crippen molar-refractivity contribution < 1.29 is 14.3 Å². The third-order valence-corrected chi connectivity index (χ3v) is 4.80. The predicted octanol–water partition coefficient (Wildman–Crippen LogP) is 3.38. The summed E-state index contributed by atoms with van der Waals surface area (Å²) < 4.78 is 5.16. The standard InChI is InChI=1S/C20H30N2O3/c1-4-6-16(7-5-2)20(24)21-13-15-12-19(23)22(14-15)17-8-10-18(25-3)11-9-17/h8-11,15-16H,4-7,12-14H2,1-3H3,(H,21,24). The van der Waals surface area contributed by atoms with Gasteiger partial charge in [0.1, 0.15) is 5.75 Å². The molecule has 1 aromatic rings. The van der Waals surface area contributed by atoms with Crippen LogP contribution in [0.2, 0.25) is 0 Å². The summed E-state index contributed by atoms with van der Waals surface area (Å²) in [6, 6.07) is 7.52. The van der Waals surface area contributed by atoms with Crippen LogP contribution in [0.15, 0.2) is 24.3 Å². The molecular formula is C20H30N2O3. The van der Waals surface area contributed by atoms with Crippen molar-refractivity contribution in [2.24, 2.45) is 11.8 Å². The number of nitrogens with zero attached hydrogens (tertiary/aromatic N) is 1. The van der Waals surface area contributed by atoms with Gasteiger partial charge in [0, 0.05) is 37.0 Å². The molecule has 1 heterocycles. The Morgan fingerprint density at radius 1 is 1.24 bits per heavy atom. The first-order valence-electron chi connectivity index (χ1n) is 9.31. The Morgan fingerprint density at radius 3 is 2.44 bits per heavy atom. The number of ether oxygens (including phenoxy) is 1. The van der Waals surface area contributed by atoms with Crippen LogP contribution < -0.4 is 15.0 Å². The SMILES string of the molecule is CCCC(CCC)C(=O)NCC1CC(=O)N(c2ccc(OC)cc2)C1. The lowest BCUT2D eigenvalue weighted by molar-refractivity contribution is -0.125. The molecule has 0 aromatic heterocycles. The molecule has 25 heavy (non-hydrogen) atoms. The summed E-state index contributed by atoms with van der Waals surface area (Å²) in [7, 11) is 1.62. The number of rotatable bonds is 9. The van der Waals surface area contributed by atoms with Gasteiger partial charge in [-0.1, -0.05) is 26.7 Å². The molecule has 1 fully saturated rings. The van der Waals surface area contributed by atoms with Crippen LogP contribution in [0.3, 0.4) is 0 Å². The minimum absolute atomic E-state index is 0.102. The summed E-state index contributed by atoms with van der Waals surface area (Å²) >= 11 is 0. The summed E-state index contributed by atoms with van der Waals surface area (Å²) in [6.07, 6.45) is 4.39. The average Bonchev–Trinajstić information content (AvgIpc) is 3.00. The van der Waals surface area contributed by atoms with E-state index < -0.39 is 0 Å². The second-order valence-electron chi connectivity index (χ2n) is 6.79.